The van der Waals surface area contributed by atoms with Gasteiger partial charge in [0.05, 0.1) is 40.9 Å². The van der Waals surface area contributed by atoms with E-state index in [-0.39, 0.29) is 23.4 Å². The van der Waals surface area contributed by atoms with Crippen molar-refractivity contribution in [1.29, 1.82) is 0 Å². The van der Waals surface area contributed by atoms with Crippen LogP contribution in [0.5, 0.6) is 0 Å². The first kappa shape index (κ1) is 22.4. The zero-order valence-electron chi connectivity index (χ0n) is 19.0. The molecule has 0 aliphatic carbocycles. The number of rotatable bonds is 6. The fourth-order valence-electron chi connectivity index (χ4n) is 4.77. The molecule has 2 aliphatic heterocycles. The Kier molecular flexibility index (Phi) is 6.55. The van der Waals surface area contributed by atoms with Crippen molar-refractivity contribution >= 4 is 11.9 Å². The molecule has 0 bridgehead atoms. The zero-order chi connectivity index (χ0) is 22.7. The molecule has 0 saturated carbocycles. The van der Waals surface area contributed by atoms with E-state index in [1.165, 1.54) is 0 Å². The highest BCUT2D eigenvalue weighted by Crippen LogP contribution is 2.39. The second-order valence-corrected chi connectivity index (χ2v) is 8.95. The number of carbonyl (C=O) groups excluding carboxylic acids is 2. The molecule has 1 spiro atoms. The first-order valence-corrected chi connectivity index (χ1v) is 11.3. The third kappa shape index (κ3) is 4.67. The Morgan fingerprint density at radius 3 is 3.00 bits per heavy atom. The Morgan fingerprint density at radius 1 is 1.34 bits per heavy atom. The number of carbonyl (C=O) groups is 2. The summed E-state index contributed by atoms with van der Waals surface area (Å²) in [5.74, 6) is -0.403. The average Bonchev–Trinajstić information content (AvgIpc) is 3.13. The van der Waals surface area contributed by atoms with Crippen molar-refractivity contribution in [2.24, 2.45) is 5.41 Å². The van der Waals surface area contributed by atoms with Crippen molar-refractivity contribution in [3.05, 3.63) is 40.0 Å². The summed E-state index contributed by atoms with van der Waals surface area (Å²) in [5.41, 5.74) is 4.15. The first-order valence-electron chi connectivity index (χ1n) is 11.3. The number of hydrogen-bond donors (Lipinski definition) is 2. The summed E-state index contributed by atoms with van der Waals surface area (Å²) in [4.78, 5) is 25.0. The lowest BCUT2D eigenvalue weighted by Crippen LogP contribution is -2.43. The quantitative estimate of drug-likeness (QED) is 0.522. The van der Waals surface area contributed by atoms with E-state index in [9.17, 15) is 9.59 Å². The van der Waals surface area contributed by atoms with Gasteiger partial charge in [0.25, 0.3) is 5.91 Å². The van der Waals surface area contributed by atoms with Gasteiger partial charge < -0.3 is 14.8 Å². The van der Waals surface area contributed by atoms with Crippen molar-refractivity contribution in [1.82, 2.24) is 25.7 Å². The van der Waals surface area contributed by atoms with Crippen molar-refractivity contribution < 1.29 is 19.1 Å². The highest BCUT2D eigenvalue weighted by Gasteiger charge is 2.41. The Hall–Kier alpha value is -2.81. The Bertz CT molecular complexity index is 1000. The summed E-state index contributed by atoms with van der Waals surface area (Å²) < 4.78 is 11.5. The molecular weight excluding hydrogens is 410 g/mol. The van der Waals surface area contributed by atoms with Gasteiger partial charge in [0, 0.05) is 18.8 Å². The predicted molar refractivity (Wildman–Crippen MR) is 116 cm³/mol. The number of nitrogens with zero attached hydrogens (tertiary/aromatic N) is 3. The van der Waals surface area contributed by atoms with Crippen LogP contribution in [0.1, 0.15) is 76.1 Å². The maximum atomic E-state index is 12.6. The molecule has 4 rings (SSSR count). The zero-order valence-corrected chi connectivity index (χ0v) is 19.0. The number of esters is 1. The molecular formula is C23H31N5O4. The van der Waals surface area contributed by atoms with E-state index in [4.69, 9.17) is 9.47 Å². The van der Waals surface area contributed by atoms with Crippen LogP contribution in [0.3, 0.4) is 0 Å². The Morgan fingerprint density at radius 2 is 2.19 bits per heavy atom. The second kappa shape index (κ2) is 9.36. The average molecular weight is 442 g/mol. The molecule has 2 unspecified atom stereocenters. The highest BCUT2D eigenvalue weighted by atomic mass is 16.5. The maximum Gasteiger partial charge on any atom is 0.340 e. The summed E-state index contributed by atoms with van der Waals surface area (Å²) in [7, 11) is 0. The molecule has 2 aromatic heterocycles. The maximum absolute atomic E-state index is 12.6. The minimum absolute atomic E-state index is 0.0337. The van der Waals surface area contributed by atoms with Crippen LogP contribution in [0.2, 0.25) is 0 Å². The van der Waals surface area contributed by atoms with Crippen molar-refractivity contribution in [2.45, 2.75) is 65.4 Å². The fourth-order valence-corrected chi connectivity index (χ4v) is 4.77. The lowest BCUT2D eigenvalue weighted by Gasteiger charge is -2.40. The molecule has 2 aliphatic rings. The molecule has 9 heteroatoms. The molecule has 0 aromatic carbocycles. The van der Waals surface area contributed by atoms with Crippen LogP contribution < -0.4 is 5.32 Å². The van der Waals surface area contributed by atoms with Crippen LogP contribution in [0.4, 0.5) is 0 Å². The van der Waals surface area contributed by atoms with E-state index >= 15 is 0 Å². The topological polar surface area (TPSA) is 119 Å². The predicted octanol–water partition coefficient (Wildman–Crippen LogP) is 2.47. The van der Waals surface area contributed by atoms with E-state index < -0.39 is 0 Å². The van der Waals surface area contributed by atoms with Gasteiger partial charge in [0.2, 0.25) is 0 Å². The van der Waals surface area contributed by atoms with E-state index in [1.807, 2.05) is 6.92 Å². The molecule has 1 saturated heterocycles. The summed E-state index contributed by atoms with van der Waals surface area (Å²) >= 11 is 0. The van der Waals surface area contributed by atoms with Crippen molar-refractivity contribution in [2.75, 3.05) is 19.8 Å². The molecule has 1 amide bonds. The number of hydrogen-bond acceptors (Lipinski definition) is 7. The van der Waals surface area contributed by atoms with Crippen molar-refractivity contribution in [3.63, 3.8) is 0 Å². The van der Waals surface area contributed by atoms with E-state index in [0.717, 1.165) is 49.1 Å². The van der Waals surface area contributed by atoms with Crippen LogP contribution in [-0.2, 0) is 22.3 Å². The minimum Gasteiger partial charge on any atom is -0.462 e. The second-order valence-electron chi connectivity index (χ2n) is 8.95. The van der Waals surface area contributed by atoms with Crippen LogP contribution in [0.25, 0.3) is 0 Å². The number of aromatic amines is 1. The van der Waals surface area contributed by atoms with Crippen LogP contribution in [-0.4, -0.2) is 58.1 Å². The third-order valence-electron chi connectivity index (χ3n) is 6.52. The Labute approximate surface area is 187 Å². The molecule has 32 heavy (non-hydrogen) atoms. The van der Waals surface area contributed by atoms with E-state index in [2.05, 4.69) is 25.7 Å². The van der Waals surface area contributed by atoms with Crippen LogP contribution >= 0.6 is 0 Å². The molecule has 9 nitrogen and oxygen atoms in total. The molecule has 4 heterocycles. The number of nitrogens with one attached hydrogen (secondary N) is 2. The minimum atomic E-state index is -0.369. The lowest BCUT2D eigenvalue weighted by molar-refractivity contribution is -0.0531. The monoisotopic (exact) mass is 441 g/mol. The Balaban J connectivity index is 1.32. The van der Waals surface area contributed by atoms with Crippen LogP contribution in [0, 0.1) is 19.3 Å². The van der Waals surface area contributed by atoms with Gasteiger partial charge in [-0.05, 0) is 63.9 Å². The van der Waals surface area contributed by atoms with E-state index in [0.29, 0.717) is 43.1 Å². The molecule has 2 N–H and O–H groups in total. The largest absolute Gasteiger partial charge is 0.462 e. The SMILES string of the molecule is CCc1n[nH]c2c1C(=O)NCC1(CCOC(CCCOC(=O)c3cc(C)nnc3C)C1)C2. The standard InChI is InChI=1S/C23H31N5O4/c1-4-18-20-19(28-27-18)12-23(13-24-21(20)29)7-9-31-16(11-23)6-5-8-32-22(30)17-10-14(2)25-26-15(17)3/h10,16H,4-9,11-13H2,1-3H3,(H,24,29)(H,27,28). The van der Waals surface area contributed by atoms with Gasteiger partial charge in [-0.15, -0.1) is 0 Å². The van der Waals surface area contributed by atoms with E-state index in [1.54, 1.807) is 19.9 Å². The number of aryl methyl sites for hydroxylation is 3. The van der Waals surface area contributed by atoms with Gasteiger partial charge in [-0.3, -0.25) is 9.89 Å². The molecule has 2 aromatic rings. The first-order chi connectivity index (χ1) is 15.4. The summed E-state index contributed by atoms with van der Waals surface area (Å²) in [5, 5.41) is 18.5. The van der Waals surface area contributed by atoms with Crippen LogP contribution in [0.15, 0.2) is 6.07 Å². The highest BCUT2D eigenvalue weighted by molar-refractivity contribution is 5.97. The lowest BCUT2D eigenvalue weighted by atomic mass is 9.73. The number of H-pyrrole nitrogens is 1. The van der Waals surface area contributed by atoms with Gasteiger partial charge in [0.15, 0.2) is 0 Å². The molecule has 172 valence electrons. The normalized spacial score (nSPS) is 22.8. The number of amides is 1. The number of aromatic nitrogens is 4. The molecule has 2 atom stereocenters. The van der Waals surface area contributed by atoms with Gasteiger partial charge >= 0.3 is 5.97 Å². The van der Waals surface area contributed by atoms with Gasteiger partial charge in [-0.1, -0.05) is 6.92 Å². The summed E-state index contributed by atoms with van der Waals surface area (Å²) in [6.07, 6.45) is 4.85. The number of ether oxygens (including phenoxy) is 2. The smallest absolute Gasteiger partial charge is 0.340 e. The third-order valence-corrected chi connectivity index (χ3v) is 6.52. The molecule has 1 fully saturated rings. The van der Waals surface area contributed by atoms with Gasteiger partial charge in [-0.2, -0.15) is 15.3 Å². The summed E-state index contributed by atoms with van der Waals surface area (Å²) in [6, 6.07) is 1.70. The van der Waals surface area contributed by atoms with Crippen molar-refractivity contribution in [3.8, 4) is 0 Å². The van der Waals surface area contributed by atoms with Gasteiger partial charge in [-0.25, -0.2) is 4.79 Å². The summed E-state index contributed by atoms with van der Waals surface area (Å²) in [6.45, 7) is 7.18. The fraction of sp³-hybridized carbons (Fsp3) is 0.609. The molecule has 0 radical (unpaired) electrons. The van der Waals surface area contributed by atoms with Gasteiger partial charge in [0.1, 0.15) is 0 Å². The number of fused-ring (bicyclic) bond motifs is 1.